The molecule has 0 bridgehead atoms. The lowest BCUT2D eigenvalue weighted by molar-refractivity contribution is 0.109. The molecule has 0 spiro atoms. The van der Waals surface area contributed by atoms with E-state index in [1.54, 1.807) is 18.1 Å². The fraction of sp³-hybridized carbons (Fsp3) is 0.481. The van der Waals surface area contributed by atoms with Gasteiger partial charge in [-0.2, -0.15) is 5.26 Å². The van der Waals surface area contributed by atoms with Crippen LogP contribution < -0.4 is 15.1 Å². The Morgan fingerprint density at radius 3 is 2.92 bits per heavy atom. The number of ether oxygens (including phenoxy) is 2. The van der Waals surface area contributed by atoms with Crippen molar-refractivity contribution in [1.82, 2.24) is 14.9 Å². The number of nitrogens with zero attached hydrogens (tertiary/aromatic N) is 6. The summed E-state index contributed by atoms with van der Waals surface area (Å²) >= 11 is 0. The Bertz CT molecular complexity index is 1310. The molecule has 12 heteroatoms. The summed E-state index contributed by atoms with van der Waals surface area (Å²) in [6.07, 6.45) is 5.68. The van der Waals surface area contributed by atoms with Gasteiger partial charge >= 0.3 is 12.1 Å². The molecule has 5 heterocycles. The number of nitrogens with one attached hydrogen (secondary N) is 1. The maximum Gasteiger partial charge on any atom is 0.410 e. The van der Waals surface area contributed by atoms with Crippen molar-refractivity contribution in [2.24, 2.45) is 0 Å². The highest BCUT2D eigenvalue weighted by Gasteiger charge is 2.29. The van der Waals surface area contributed by atoms with Gasteiger partial charge in [-0.25, -0.2) is 19.6 Å². The summed E-state index contributed by atoms with van der Waals surface area (Å²) in [5.41, 5.74) is 2.76. The van der Waals surface area contributed by atoms with Crippen molar-refractivity contribution in [2.75, 3.05) is 55.0 Å². The zero-order chi connectivity index (χ0) is 27.4. The summed E-state index contributed by atoms with van der Waals surface area (Å²) in [6.45, 7) is 2.97. The highest BCUT2D eigenvalue weighted by atomic mass is 16.6. The van der Waals surface area contributed by atoms with Crippen molar-refractivity contribution in [3.05, 3.63) is 40.7 Å². The number of carbonyl (C=O) groups is 3. The third kappa shape index (κ3) is 5.63. The molecule has 3 amide bonds. The minimum atomic E-state index is -0.427. The van der Waals surface area contributed by atoms with Crippen LogP contribution in [0.3, 0.4) is 0 Å². The summed E-state index contributed by atoms with van der Waals surface area (Å²) in [5, 5.41) is 12.4. The predicted molar refractivity (Wildman–Crippen MR) is 142 cm³/mol. The van der Waals surface area contributed by atoms with Crippen LogP contribution in [0, 0.1) is 11.3 Å². The quantitative estimate of drug-likeness (QED) is 0.555. The molecule has 1 atom stereocenters. The molecule has 2 fully saturated rings. The fourth-order valence-corrected chi connectivity index (χ4v) is 5.26. The molecule has 12 nitrogen and oxygen atoms in total. The summed E-state index contributed by atoms with van der Waals surface area (Å²) in [5.74, 6) is 0.730. The summed E-state index contributed by atoms with van der Waals surface area (Å²) < 4.78 is 10.7. The molecule has 39 heavy (non-hydrogen) atoms. The normalized spacial score (nSPS) is 19.1. The number of urea groups is 1. The SMILES string of the molecule is CO[C@@H]1CCN(c2cc(NC(=O)N3CCCc4cc(CN5CCCCOC5=O)c(C=O)nc43)ncc2C#N)C1. The summed E-state index contributed by atoms with van der Waals surface area (Å²) in [6, 6.07) is 5.31. The van der Waals surface area contributed by atoms with Crippen LogP contribution in [0.4, 0.5) is 26.9 Å². The van der Waals surface area contributed by atoms with Gasteiger partial charge in [0.05, 0.1) is 30.5 Å². The Balaban J connectivity index is 1.36. The first-order valence-electron chi connectivity index (χ1n) is 13.2. The summed E-state index contributed by atoms with van der Waals surface area (Å²) in [7, 11) is 1.67. The number of carbonyl (C=O) groups excluding carboxylic acids is 3. The van der Waals surface area contributed by atoms with Gasteiger partial charge in [0.25, 0.3) is 0 Å². The van der Waals surface area contributed by atoms with E-state index in [1.807, 2.05) is 6.07 Å². The van der Waals surface area contributed by atoms with E-state index >= 15 is 0 Å². The molecule has 2 aromatic heterocycles. The first kappa shape index (κ1) is 26.4. The van der Waals surface area contributed by atoms with E-state index in [0.717, 1.165) is 31.4 Å². The molecule has 5 rings (SSSR count). The number of pyridine rings is 2. The molecule has 3 aliphatic heterocycles. The van der Waals surface area contributed by atoms with E-state index < -0.39 is 12.1 Å². The van der Waals surface area contributed by atoms with Crippen LogP contribution in [0.15, 0.2) is 18.3 Å². The van der Waals surface area contributed by atoms with Gasteiger partial charge < -0.3 is 19.3 Å². The largest absolute Gasteiger partial charge is 0.449 e. The molecule has 1 N–H and O–H groups in total. The van der Waals surface area contributed by atoms with Gasteiger partial charge in [0, 0.05) is 51.1 Å². The van der Waals surface area contributed by atoms with Gasteiger partial charge in [0.2, 0.25) is 0 Å². The maximum absolute atomic E-state index is 13.4. The van der Waals surface area contributed by atoms with Gasteiger partial charge in [-0.05, 0) is 43.7 Å². The second-order valence-electron chi connectivity index (χ2n) is 9.85. The number of cyclic esters (lactones) is 1. The molecular formula is C27H31N7O5. The Morgan fingerprint density at radius 1 is 1.28 bits per heavy atom. The molecule has 0 radical (unpaired) electrons. The number of rotatable bonds is 6. The van der Waals surface area contributed by atoms with E-state index in [-0.39, 0.29) is 18.3 Å². The van der Waals surface area contributed by atoms with Crippen LogP contribution in [0.1, 0.15) is 52.9 Å². The van der Waals surface area contributed by atoms with Crippen molar-refractivity contribution in [3.8, 4) is 6.07 Å². The van der Waals surface area contributed by atoms with Gasteiger partial charge in [-0.3, -0.25) is 15.0 Å². The van der Waals surface area contributed by atoms with Crippen LogP contribution in [-0.4, -0.2) is 79.3 Å². The Kier molecular flexibility index (Phi) is 7.88. The average molecular weight is 534 g/mol. The van der Waals surface area contributed by atoms with Crippen molar-refractivity contribution in [1.29, 1.82) is 5.26 Å². The first-order valence-corrected chi connectivity index (χ1v) is 13.2. The maximum atomic E-state index is 13.4. The third-order valence-electron chi connectivity index (χ3n) is 7.36. The van der Waals surface area contributed by atoms with Crippen LogP contribution in [0.2, 0.25) is 0 Å². The van der Waals surface area contributed by atoms with E-state index in [4.69, 9.17) is 9.47 Å². The number of fused-ring (bicyclic) bond motifs is 1. The number of aldehydes is 1. The number of hydrogen-bond acceptors (Lipinski definition) is 9. The van der Waals surface area contributed by atoms with E-state index in [2.05, 4.69) is 26.3 Å². The molecule has 2 saturated heterocycles. The van der Waals surface area contributed by atoms with Crippen LogP contribution >= 0.6 is 0 Å². The van der Waals surface area contributed by atoms with Crippen LogP contribution in [-0.2, 0) is 22.4 Å². The van der Waals surface area contributed by atoms with Crippen molar-refractivity contribution in [3.63, 3.8) is 0 Å². The van der Waals surface area contributed by atoms with Gasteiger partial charge in [-0.1, -0.05) is 0 Å². The van der Waals surface area contributed by atoms with Gasteiger partial charge in [0.1, 0.15) is 23.4 Å². The number of anilines is 3. The number of methoxy groups -OCH3 is 1. The molecule has 204 valence electrons. The topological polar surface area (TPSA) is 141 Å². The molecule has 0 saturated carbocycles. The Hall–Kier alpha value is -4.24. The summed E-state index contributed by atoms with van der Waals surface area (Å²) in [4.78, 5) is 51.6. The molecule has 3 aliphatic rings. The number of aryl methyl sites for hydroxylation is 1. The van der Waals surface area contributed by atoms with E-state index in [0.29, 0.717) is 73.8 Å². The van der Waals surface area contributed by atoms with Crippen molar-refractivity contribution in [2.45, 2.75) is 44.8 Å². The second kappa shape index (κ2) is 11.7. The lowest BCUT2D eigenvalue weighted by Gasteiger charge is -2.30. The Labute approximate surface area is 226 Å². The third-order valence-corrected chi connectivity index (χ3v) is 7.36. The molecular weight excluding hydrogens is 502 g/mol. The molecule has 0 aliphatic carbocycles. The Morgan fingerprint density at radius 2 is 2.15 bits per heavy atom. The van der Waals surface area contributed by atoms with Gasteiger partial charge in [0.15, 0.2) is 6.29 Å². The van der Waals surface area contributed by atoms with E-state index in [1.165, 1.54) is 11.1 Å². The number of aromatic nitrogens is 2. The lowest BCUT2D eigenvalue weighted by atomic mass is 10.0. The highest BCUT2D eigenvalue weighted by Crippen LogP contribution is 2.30. The smallest absolute Gasteiger partial charge is 0.410 e. The standard InChI is InChI=1S/C27H31N7O5/c1-38-21-6-9-32(16-21)23-12-24(29-14-20(23)13-28)31-26(36)34-8-4-5-18-11-19(22(17-35)30-25(18)34)15-33-7-2-3-10-39-27(33)37/h11-12,14,17,21H,2-10,15-16H2,1H3,(H,29,31,36)/t21-/m1/s1. The average Bonchev–Trinajstić information content (AvgIpc) is 3.35. The van der Waals surface area contributed by atoms with Crippen molar-refractivity contribution < 1.29 is 23.9 Å². The number of nitriles is 1. The molecule has 2 aromatic rings. The minimum absolute atomic E-state index is 0.0839. The number of amides is 3. The number of hydrogen-bond donors (Lipinski definition) is 1. The zero-order valence-corrected chi connectivity index (χ0v) is 21.9. The van der Waals surface area contributed by atoms with Gasteiger partial charge in [-0.15, -0.1) is 0 Å². The first-order chi connectivity index (χ1) is 19.0. The molecule has 0 aromatic carbocycles. The van der Waals surface area contributed by atoms with Crippen LogP contribution in [0.25, 0.3) is 0 Å². The molecule has 0 unspecified atom stereocenters. The lowest BCUT2D eigenvalue weighted by Crippen LogP contribution is -2.40. The van der Waals surface area contributed by atoms with Crippen molar-refractivity contribution >= 4 is 35.7 Å². The highest BCUT2D eigenvalue weighted by molar-refractivity contribution is 6.02. The minimum Gasteiger partial charge on any atom is -0.449 e. The fourth-order valence-electron chi connectivity index (χ4n) is 5.26. The predicted octanol–water partition coefficient (Wildman–Crippen LogP) is 3.10. The van der Waals surface area contributed by atoms with E-state index in [9.17, 15) is 19.6 Å². The second-order valence-corrected chi connectivity index (χ2v) is 9.85. The van der Waals surface area contributed by atoms with Crippen LogP contribution in [0.5, 0.6) is 0 Å². The monoisotopic (exact) mass is 533 g/mol. The zero-order valence-electron chi connectivity index (χ0n) is 21.9.